The van der Waals surface area contributed by atoms with Gasteiger partial charge in [0.2, 0.25) is 5.91 Å². The quantitative estimate of drug-likeness (QED) is 0.481. The van der Waals surface area contributed by atoms with E-state index in [9.17, 15) is 19.2 Å². The average Bonchev–Trinajstić information content (AvgIpc) is 3.19. The molecule has 4 rings (SSSR count). The van der Waals surface area contributed by atoms with Gasteiger partial charge in [0.05, 0.1) is 22.3 Å². The number of hydrogen-bond acceptors (Lipinski definition) is 5. The monoisotopic (exact) mass is 577 g/mol. The highest BCUT2D eigenvalue weighted by Crippen LogP contribution is 2.39. The van der Waals surface area contributed by atoms with E-state index >= 15 is 0 Å². The van der Waals surface area contributed by atoms with Crippen molar-refractivity contribution < 1.29 is 24.3 Å². The van der Waals surface area contributed by atoms with Gasteiger partial charge in [-0.05, 0) is 43.5 Å². The van der Waals surface area contributed by atoms with Crippen molar-refractivity contribution >= 4 is 52.7 Å². The summed E-state index contributed by atoms with van der Waals surface area (Å²) in [4.78, 5) is 52.7. The first kappa shape index (κ1) is 30.0. The van der Waals surface area contributed by atoms with E-state index < -0.39 is 24.0 Å². The Morgan fingerprint density at radius 3 is 2.15 bits per heavy atom. The lowest BCUT2D eigenvalue weighted by Crippen LogP contribution is -2.58. The number of nitrogens with one attached hydrogen (secondary N) is 2. The maximum absolute atomic E-state index is 13.2. The number of rotatable bonds is 6. The molecule has 0 bridgehead atoms. The Hall–Kier alpha value is -3.50. The number of halogens is 2. The summed E-state index contributed by atoms with van der Waals surface area (Å²) in [5.41, 5.74) is 0.654. The molecule has 0 radical (unpaired) electrons. The van der Waals surface area contributed by atoms with Crippen LogP contribution >= 0.6 is 23.2 Å². The van der Waals surface area contributed by atoms with Crippen molar-refractivity contribution in [3.63, 3.8) is 0 Å². The van der Waals surface area contributed by atoms with Gasteiger partial charge in [-0.3, -0.25) is 14.4 Å². The molecule has 2 aromatic rings. The van der Waals surface area contributed by atoms with Crippen molar-refractivity contribution in [1.29, 1.82) is 0 Å². The highest BCUT2D eigenvalue weighted by Gasteiger charge is 2.53. The van der Waals surface area contributed by atoms with E-state index in [2.05, 4.69) is 34.6 Å². The van der Waals surface area contributed by atoms with Crippen LogP contribution in [-0.4, -0.2) is 84.2 Å². The number of carbonyl (C=O) groups is 4. The second-order valence-corrected chi connectivity index (χ2v) is 10.0. The molecule has 210 valence electrons. The van der Waals surface area contributed by atoms with Crippen molar-refractivity contribution in [2.45, 2.75) is 31.7 Å². The molecule has 1 spiro atoms. The summed E-state index contributed by atoms with van der Waals surface area (Å²) in [5, 5.41) is 13.6. The third-order valence-electron chi connectivity index (χ3n) is 6.76. The van der Waals surface area contributed by atoms with Crippen LogP contribution in [0.2, 0.25) is 10.0 Å². The Labute approximate surface area is 237 Å². The Morgan fingerprint density at radius 2 is 1.62 bits per heavy atom. The van der Waals surface area contributed by atoms with Gasteiger partial charge < -0.3 is 30.4 Å². The van der Waals surface area contributed by atoms with Crippen molar-refractivity contribution in [2.24, 2.45) is 0 Å². The Balaban J connectivity index is 0.000000242. The van der Waals surface area contributed by atoms with Gasteiger partial charge in [-0.1, -0.05) is 54.4 Å². The van der Waals surface area contributed by atoms with Gasteiger partial charge in [0.15, 0.2) is 0 Å². The molecular weight excluding hydrogens is 545 g/mol. The van der Waals surface area contributed by atoms with Crippen LogP contribution in [0.3, 0.4) is 0 Å². The van der Waals surface area contributed by atoms with Crippen LogP contribution in [0.1, 0.15) is 36.5 Å². The minimum Gasteiger partial charge on any atom is -0.480 e. The molecule has 0 aromatic heterocycles. The van der Waals surface area contributed by atoms with E-state index in [4.69, 9.17) is 28.3 Å². The van der Waals surface area contributed by atoms with Crippen LogP contribution in [0.5, 0.6) is 0 Å². The molecule has 0 saturated carbocycles. The van der Waals surface area contributed by atoms with Crippen molar-refractivity contribution in [3.05, 3.63) is 64.1 Å². The molecule has 0 atom stereocenters. The Kier molecular flexibility index (Phi) is 10.4. The van der Waals surface area contributed by atoms with E-state index in [1.807, 2.05) is 23.1 Å². The molecule has 2 aromatic carbocycles. The minimum absolute atomic E-state index is 0.0630. The fourth-order valence-electron chi connectivity index (χ4n) is 4.84. The number of piperidine rings is 1. The summed E-state index contributed by atoms with van der Waals surface area (Å²) >= 11 is 11.5. The smallest absolute Gasteiger partial charge is 0.322 e. The lowest BCUT2D eigenvalue weighted by atomic mass is 9.85. The second-order valence-electron chi connectivity index (χ2n) is 9.22. The molecule has 2 heterocycles. The molecule has 2 saturated heterocycles. The van der Waals surface area contributed by atoms with E-state index in [1.54, 1.807) is 18.0 Å². The van der Waals surface area contributed by atoms with Crippen LogP contribution in [-0.2, 0) is 9.59 Å². The SMILES string of the molecule is CCCN1CN(c2ccccc2)C2(CCN(C(=O)NC)CC2)C1=O.O=C(O)CNC(=O)c1c(Cl)cccc1Cl. The lowest BCUT2D eigenvalue weighted by Gasteiger charge is -2.43. The van der Waals surface area contributed by atoms with Gasteiger partial charge in [-0.2, -0.15) is 0 Å². The van der Waals surface area contributed by atoms with Crippen molar-refractivity contribution in [2.75, 3.05) is 44.8 Å². The Morgan fingerprint density at radius 1 is 1.00 bits per heavy atom. The maximum Gasteiger partial charge on any atom is 0.322 e. The zero-order valence-corrected chi connectivity index (χ0v) is 23.5. The fraction of sp³-hybridized carbons (Fsp3) is 0.407. The number of carboxylic acid groups (broad SMARTS) is 1. The molecule has 3 N–H and O–H groups in total. The molecule has 0 unspecified atom stereocenters. The summed E-state index contributed by atoms with van der Waals surface area (Å²) in [6.45, 7) is 4.25. The lowest BCUT2D eigenvalue weighted by molar-refractivity contribution is -0.136. The predicted octanol–water partition coefficient (Wildman–Crippen LogP) is 3.68. The number of aliphatic carboxylic acids is 1. The van der Waals surface area contributed by atoms with Crippen LogP contribution < -0.4 is 15.5 Å². The zero-order valence-electron chi connectivity index (χ0n) is 22.0. The second kappa shape index (κ2) is 13.5. The maximum atomic E-state index is 13.2. The standard InChI is InChI=1S/C18H26N4O2.C9H7Cl2NO3/c1-3-11-21-14-22(15-7-5-4-6-8-15)18(16(21)23)9-12-20(13-10-18)17(24)19-2;10-5-2-1-3-6(11)8(5)9(15)12-4-7(13)14/h4-8H,3,9-14H2,1-2H3,(H,19,24);1-3H,4H2,(H,12,15)(H,13,14). The fourth-order valence-corrected chi connectivity index (χ4v) is 5.41. The van der Waals surface area contributed by atoms with Crippen molar-refractivity contribution in [3.8, 4) is 0 Å². The number of carbonyl (C=O) groups excluding carboxylic acids is 3. The number of para-hydroxylation sites is 1. The van der Waals surface area contributed by atoms with E-state index in [0.29, 0.717) is 32.6 Å². The number of anilines is 1. The van der Waals surface area contributed by atoms with E-state index in [-0.39, 0.29) is 27.5 Å². The van der Waals surface area contributed by atoms with Gasteiger partial charge in [-0.25, -0.2) is 4.79 Å². The van der Waals surface area contributed by atoms with Crippen LogP contribution in [0, 0.1) is 0 Å². The third kappa shape index (κ3) is 6.93. The molecule has 2 aliphatic heterocycles. The number of urea groups is 1. The molecule has 12 heteroatoms. The largest absolute Gasteiger partial charge is 0.480 e. The van der Waals surface area contributed by atoms with Crippen LogP contribution in [0.15, 0.2) is 48.5 Å². The van der Waals surface area contributed by atoms with Gasteiger partial charge >= 0.3 is 12.0 Å². The van der Waals surface area contributed by atoms with Crippen LogP contribution in [0.4, 0.5) is 10.5 Å². The predicted molar refractivity (Wildman–Crippen MR) is 150 cm³/mol. The van der Waals surface area contributed by atoms with E-state index in [0.717, 1.165) is 18.7 Å². The number of likely N-dealkylation sites (tertiary alicyclic amines) is 1. The third-order valence-corrected chi connectivity index (χ3v) is 7.39. The first-order chi connectivity index (χ1) is 18.6. The average molecular weight is 578 g/mol. The highest BCUT2D eigenvalue weighted by molar-refractivity contribution is 6.39. The van der Waals surface area contributed by atoms with Gasteiger partial charge in [0.25, 0.3) is 5.91 Å². The molecule has 10 nitrogen and oxygen atoms in total. The first-order valence-electron chi connectivity index (χ1n) is 12.7. The van der Waals surface area contributed by atoms with Crippen LogP contribution in [0.25, 0.3) is 0 Å². The van der Waals surface area contributed by atoms with Gasteiger partial charge in [0, 0.05) is 32.4 Å². The van der Waals surface area contributed by atoms with Gasteiger partial charge in [-0.15, -0.1) is 0 Å². The molecule has 2 aliphatic rings. The molecule has 4 amide bonds. The number of benzene rings is 2. The number of amides is 4. The number of carboxylic acids is 1. The zero-order chi connectivity index (χ0) is 28.6. The highest BCUT2D eigenvalue weighted by atomic mass is 35.5. The molecule has 2 fully saturated rings. The van der Waals surface area contributed by atoms with E-state index in [1.165, 1.54) is 12.1 Å². The molecular formula is C27H33Cl2N5O5. The van der Waals surface area contributed by atoms with Crippen molar-refractivity contribution in [1.82, 2.24) is 20.4 Å². The first-order valence-corrected chi connectivity index (χ1v) is 13.4. The Bertz CT molecular complexity index is 1170. The minimum atomic E-state index is -1.13. The number of nitrogens with zero attached hydrogens (tertiary/aromatic N) is 3. The molecule has 0 aliphatic carbocycles. The van der Waals surface area contributed by atoms with Gasteiger partial charge in [0.1, 0.15) is 12.1 Å². The summed E-state index contributed by atoms with van der Waals surface area (Å²) in [6, 6.07) is 14.7. The summed E-state index contributed by atoms with van der Waals surface area (Å²) in [5.74, 6) is -1.52. The summed E-state index contributed by atoms with van der Waals surface area (Å²) < 4.78 is 0. The molecule has 39 heavy (non-hydrogen) atoms. The normalized spacial score (nSPS) is 16.0. The number of hydrogen-bond donors (Lipinski definition) is 3. The topological polar surface area (TPSA) is 122 Å². The summed E-state index contributed by atoms with van der Waals surface area (Å²) in [7, 11) is 1.65. The summed E-state index contributed by atoms with van der Waals surface area (Å²) in [6.07, 6.45) is 2.30.